The summed E-state index contributed by atoms with van der Waals surface area (Å²) in [7, 11) is 6.34. The predicted octanol–water partition coefficient (Wildman–Crippen LogP) is 0.796. The van der Waals surface area contributed by atoms with E-state index in [1.54, 1.807) is 34.3 Å². The average Bonchev–Trinajstić information content (AvgIpc) is 2.27. The van der Waals surface area contributed by atoms with Gasteiger partial charge in [0, 0.05) is 28.2 Å². The number of carbonyl (C=O) groups is 2. The molecule has 0 fully saturated rings. The van der Waals surface area contributed by atoms with Crippen molar-refractivity contribution >= 4 is 11.8 Å². The van der Waals surface area contributed by atoms with Crippen molar-refractivity contribution in [2.45, 2.75) is 0 Å². The van der Waals surface area contributed by atoms with Crippen molar-refractivity contribution in [2.24, 2.45) is 0 Å². The fourth-order valence-electron chi connectivity index (χ4n) is 1.37. The highest BCUT2D eigenvalue weighted by atomic mass is 16.3. The van der Waals surface area contributed by atoms with Gasteiger partial charge in [-0.1, -0.05) is 6.07 Å². The first-order valence-corrected chi connectivity index (χ1v) is 5.11. The fourth-order valence-corrected chi connectivity index (χ4v) is 1.37. The second kappa shape index (κ2) is 4.86. The van der Waals surface area contributed by atoms with Gasteiger partial charge in [0.1, 0.15) is 5.75 Å². The normalized spacial score (nSPS) is 9.88. The van der Waals surface area contributed by atoms with Crippen molar-refractivity contribution in [3.8, 4) is 5.75 Å². The highest BCUT2D eigenvalue weighted by Gasteiger charge is 2.20. The first kappa shape index (κ1) is 13.0. The Morgan fingerprint density at radius 3 is 1.59 bits per heavy atom. The maximum atomic E-state index is 11.8. The molecule has 5 heteroatoms. The molecule has 0 heterocycles. The summed E-state index contributed by atoms with van der Waals surface area (Å²) < 4.78 is 0. The maximum absolute atomic E-state index is 11.8. The first-order valence-electron chi connectivity index (χ1n) is 5.11. The number of carbonyl (C=O) groups excluding carboxylic acids is 2. The van der Waals surface area contributed by atoms with E-state index in [4.69, 9.17) is 0 Å². The number of rotatable bonds is 2. The monoisotopic (exact) mass is 236 g/mol. The molecule has 0 bridgehead atoms. The number of nitrogens with zero attached hydrogens (tertiary/aromatic N) is 2. The summed E-state index contributed by atoms with van der Waals surface area (Å²) in [6.45, 7) is 0. The Bertz CT molecular complexity index is 415. The summed E-state index contributed by atoms with van der Waals surface area (Å²) in [5, 5.41) is 9.93. The van der Waals surface area contributed by atoms with Crippen LogP contribution in [0.1, 0.15) is 20.7 Å². The Hall–Kier alpha value is -2.04. The van der Waals surface area contributed by atoms with Crippen molar-refractivity contribution in [3.05, 3.63) is 29.3 Å². The number of para-hydroxylation sites is 1. The van der Waals surface area contributed by atoms with Gasteiger partial charge in [-0.25, -0.2) is 0 Å². The molecule has 0 aliphatic rings. The van der Waals surface area contributed by atoms with Crippen LogP contribution in [0.5, 0.6) is 5.75 Å². The van der Waals surface area contributed by atoms with E-state index in [0.717, 1.165) is 0 Å². The molecule has 1 N–H and O–H groups in total. The third-order valence-electron chi connectivity index (χ3n) is 2.31. The summed E-state index contributed by atoms with van der Waals surface area (Å²) in [6.07, 6.45) is 0. The van der Waals surface area contributed by atoms with Gasteiger partial charge in [-0.05, 0) is 12.1 Å². The van der Waals surface area contributed by atoms with Gasteiger partial charge in [-0.3, -0.25) is 9.59 Å². The lowest BCUT2D eigenvalue weighted by Gasteiger charge is -2.15. The number of benzene rings is 1. The lowest BCUT2D eigenvalue weighted by Crippen LogP contribution is -2.24. The maximum Gasteiger partial charge on any atom is 0.257 e. The van der Waals surface area contributed by atoms with Gasteiger partial charge in [0.2, 0.25) is 0 Å². The van der Waals surface area contributed by atoms with E-state index < -0.39 is 0 Å². The van der Waals surface area contributed by atoms with Gasteiger partial charge in [0.15, 0.2) is 0 Å². The van der Waals surface area contributed by atoms with E-state index in [-0.39, 0.29) is 28.7 Å². The molecule has 0 saturated heterocycles. The fraction of sp³-hybridized carbons (Fsp3) is 0.333. The molecule has 1 aromatic rings. The summed E-state index contributed by atoms with van der Waals surface area (Å²) >= 11 is 0. The highest BCUT2D eigenvalue weighted by Crippen LogP contribution is 2.24. The average molecular weight is 236 g/mol. The van der Waals surface area contributed by atoms with Crippen molar-refractivity contribution in [1.82, 2.24) is 9.80 Å². The first-order chi connectivity index (χ1) is 7.86. The van der Waals surface area contributed by atoms with Crippen LogP contribution in [0, 0.1) is 0 Å². The minimum Gasteiger partial charge on any atom is -0.506 e. The second-order valence-corrected chi connectivity index (χ2v) is 4.10. The van der Waals surface area contributed by atoms with E-state index >= 15 is 0 Å². The van der Waals surface area contributed by atoms with Crippen molar-refractivity contribution < 1.29 is 14.7 Å². The van der Waals surface area contributed by atoms with E-state index in [9.17, 15) is 14.7 Å². The molecule has 1 aromatic carbocycles. The molecule has 5 nitrogen and oxygen atoms in total. The summed E-state index contributed by atoms with van der Waals surface area (Å²) in [4.78, 5) is 26.2. The summed E-state index contributed by atoms with van der Waals surface area (Å²) in [6, 6.07) is 4.56. The summed E-state index contributed by atoms with van der Waals surface area (Å²) in [5.74, 6) is -0.947. The van der Waals surface area contributed by atoms with E-state index in [0.29, 0.717) is 0 Å². The van der Waals surface area contributed by atoms with Crippen LogP contribution in [0.4, 0.5) is 0 Å². The topological polar surface area (TPSA) is 60.9 Å². The molecule has 2 amide bonds. The zero-order valence-corrected chi connectivity index (χ0v) is 10.4. The number of amides is 2. The smallest absolute Gasteiger partial charge is 0.257 e. The van der Waals surface area contributed by atoms with Crippen LogP contribution >= 0.6 is 0 Å². The molecular formula is C12H16N2O3. The van der Waals surface area contributed by atoms with Gasteiger partial charge >= 0.3 is 0 Å². The Morgan fingerprint density at radius 2 is 1.29 bits per heavy atom. The van der Waals surface area contributed by atoms with Gasteiger partial charge in [-0.2, -0.15) is 0 Å². The highest BCUT2D eigenvalue weighted by molar-refractivity contribution is 6.03. The zero-order valence-electron chi connectivity index (χ0n) is 10.4. The van der Waals surface area contributed by atoms with E-state index in [1.807, 2.05) is 0 Å². The van der Waals surface area contributed by atoms with Crippen LogP contribution in [0.15, 0.2) is 18.2 Å². The zero-order chi connectivity index (χ0) is 13.2. The molecule has 17 heavy (non-hydrogen) atoms. The van der Waals surface area contributed by atoms with Crippen molar-refractivity contribution in [3.63, 3.8) is 0 Å². The predicted molar refractivity (Wildman–Crippen MR) is 64.1 cm³/mol. The molecule has 0 atom stereocenters. The molecule has 92 valence electrons. The largest absolute Gasteiger partial charge is 0.506 e. The third-order valence-corrected chi connectivity index (χ3v) is 2.31. The Balaban J connectivity index is 3.25. The molecular weight excluding hydrogens is 220 g/mol. The second-order valence-electron chi connectivity index (χ2n) is 4.10. The minimum atomic E-state index is -0.337. The van der Waals surface area contributed by atoms with Crippen LogP contribution in [0.2, 0.25) is 0 Å². The number of hydrogen-bond acceptors (Lipinski definition) is 3. The molecule has 0 aliphatic carbocycles. The molecule has 0 radical (unpaired) electrons. The Labute approximate surface area is 100 Å². The van der Waals surface area contributed by atoms with Gasteiger partial charge in [0.25, 0.3) is 11.8 Å². The number of aromatic hydroxyl groups is 1. The summed E-state index contributed by atoms with van der Waals surface area (Å²) in [5.41, 5.74) is 0.255. The third kappa shape index (κ3) is 2.55. The number of phenolic OH excluding ortho intramolecular Hbond substituents is 1. The van der Waals surface area contributed by atoms with Gasteiger partial charge in [0.05, 0.1) is 11.1 Å². The Morgan fingerprint density at radius 1 is 0.941 bits per heavy atom. The van der Waals surface area contributed by atoms with Crippen molar-refractivity contribution in [1.29, 1.82) is 0 Å². The van der Waals surface area contributed by atoms with Crippen LogP contribution < -0.4 is 0 Å². The quantitative estimate of drug-likeness (QED) is 0.826. The molecule has 1 rings (SSSR count). The van der Waals surface area contributed by atoms with Crippen LogP contribution in [0.25, 0.3) is 0 Å². The molecule has 0 spiro atoms. The molecule has 0 aliphatic heterocycles. The standard InChI is InChI=1S/C12H16N2O3/c1-13(2)11(16)8-6-5-7-9(10(8)15)12(17)14(3)4/h5-7,15H,1-4H3. The molecule has 0 saturated carbocycles. The van der Waals surface area contributed by atoms with Crippen LogP contribution in [-0.4, -0.2) is 54.9 Å². The van der Waals surface area contributed by atoms with Crippen LogP contribution in [0.3, 0.4) is 0 Å². The van der Waals surface area contributed by atoms with E-state index in [1.165, 1.54) is 21.9 Å². The molecule has 0 aromatic heterocycles. The van der Waals surface area contributed by atoms with Gasteiger partial charge < -0.3 is 14.9 Å². The number of hydrogen-bond donors (Lipinski definition) is 1. The molecule has 0 unspecified atom stereocenters. The lowest BCUT2D eigenvalue weighted by atomic mass is 10.1. The lowest BCUT2D eigenvalue weighted by molar-refractivity contribution is 0.0820. The minimum absolute atomic E-state index is 0.128. The van der Waals surface area contributed by atoms with Crippen molar-refractivity contribution in [2.75, 3.05) is 28.2 Å². The van der Waals surface area contributed by atoms with Crippen LogP contribution in [-0.2, 0) is 0 Å². The SMILES string of the molecule is CN(C)C(=O)c1cccc(C(=O)N(C)C)c1O. The Kier molecular flexibility index (Phi) is 3.73. The number of phenols is 1. The van der Waals surface area contributed by atoms with E-state index in [2.05, 4.69) is 0 Å². The van der Waals surface area contributed by atoms with Gasteiger partial charge in [-0.15, -0.1) is 0 Å².